The first-order valence-electron chi connectivity index (χ1n) is 10.1. The van der Waals surface area contributed by atoms with Crippen LogP contribution in [-0.2, 0) is 4.79 Å². The lowest BCUT2D eigenvalue weighted by Crippen LogP contribution is -2.58. The number of aliphatic hydroxyl groups excluding tert-OH is 2. The molecule has 4 rings (SSSR count). The molecule has 0 amide bonds. The van der Waals surface area contributed by atoms with Gasteiger partial charge in [-0.25, -0.2) is 0 Å². The van der Waals surface area contributed by atoms with E-state index in [1.54, 1.807) is 6.92 Å². The van der Waals surface area contributed by atoms with Gasteiger partial charge in [-0.2, -0.15) is 0 Å². The molecule has 0 aliphatic heterocycles. The highest BCUT2D eigenvalue weighted by molar-refractivity contribution is 5.79. The van der Waals surface area contributed by atoms with Crippen molar-refractivity contribution in [2.24, 2.45) is 40.4 Å². The Balaban J connectivity index is 1.66. The number of aliphatic hydroxyl groups is 2. The molecule has 0 aromatic rings. The summed E-state index contributed by atoms with van der Waals surface area (Å²) in [7, 11) is 0. The van der Waals surface area contributed by atoms with Gasteiger partial charge in [0.2, 0.25) is 0 Å². The fourth-order valence-corrected chi connectivity index (χ4v) is 7.87. The first-order valence-corrected chi connectivity index (χ1v) is 10.1. The van der Waals surface area contributed by atoms with Gasteiger partial charge in [-0.1, -0.05) is 13.8 Å². The Labute approximate surface area is 146 Å². The highest BCUT2D eigenvalue weighted by atomic mass is 16.3. The van der Waals surface area contributed by atoms with Crippen LogP contribution in [0.15, 0.2) is 0 Å². The van der Waals surface area contributed by atoms with E-state index in [0.29, 0.717) is 29.5 Å². The first-order chi connectivity index (χ1) is 11.3. The van der Waals surface area contributed by atoms with Crippen LogP contribution in [0, 0.1) is 40.4 Å². The highest BCUT2D eigenvalue weighted by Crippen LogP contribution is 2.67. The molecule has 0 unspecified atom stereocenters. The predicted molar refractivity (Wildman–Crippen MR) is 93.3 cm³/mol. The summed E-state index contributed by atoms with van der Waals surface area (Å²) in [5, 5.41) is 21.2. The SMILES string of the molecule is CC(=O)[C@H]1CC[C@H]2[C@@H]3[C@H](O)C[C@H]4C[C@@H](O)CC[C@]4(C)[C@H]3CC[C@]12C. The first kappa shape index (κ1) is 17.0. The maximum atomic E-state index is 12.2. The van der Waals surface area contributed by atoms with E-state index < -0.39 is 0 Å². The summed E-state index contributed by atoms with van der Waals surface area (Å²) in [5.41, 5.74) is 0.379. The lowest BCUT2D eigenvalue weighted by molar-refractivity contribution is -0.173. The Morgan fingerprint density at radius 2 is 1.58 bits per heavy atom. The minimum atomic E-state index is -0.242. The molecular formula is C21H34O3. The molecule has 3 heteroatoms. The van der Waals surface area contributed by atoms with Crippen LogP contribution in [0.2, 0.25) is 0 Å². The quantitative estimate of drug-likeness (QED) is 0.771. The van der Waals surface area contributed by atoms with E-state index in [0.717, 1.165) is 51.4 Å². The van der Waals surface area contributed by atoms with Crippen molar-refractivity contribution in [2.45, 2.75) is 84.3 Å². The van der Waals surface area contributed by atoms with Gasteiger partial charge >= 0.3 is 0 Å². The molecule has 0 heterocycles. The molecule has 0 radical (unpaired) electrons. The zero-order valence-corrected chi connectivity index (χ0v) is 15.5. The fourth-order valence-electron chi connectivity index (χ4n) is 7.87. The number of hydrogen-bond donors (Lipinski definition) is 2. The van der Waals surface area contributed by atoms with Crippen molar-refractivity contribution in [1.82, 2.24) is 0 Å². The molecule has 0 bridgehead atoms. The van der Waals surface area contributed by atoms with Crippen LogP contribution in [0.3, 0.4) is 0 Å². The minimum Gasteiger partial charge on any atom is -0.393 e. The molecule has 2 N–H and O–H groups in total. The molecule has 4 aliphatic rings. The summed E-state index contributed by atoms with van der Waals surface area (Å²) in [4.78, 5) is 12.2. The van der Waals surface area contributed by atoms with Crippen LogP contribution in [0.1, 0.15) is 72.1 Å². The Bertz CT molecular complexity index is 531. The molecule has 136 valence electrons. The third kappa shape index (κ3) is 2.19. The van der Waals surface area contributed by atoms with Gasteiger partial charge in [0.05, 0.1) is 12.2 Å². The molecule has 0 aromatic heterocycles. The van der Waals surface area contributed by atoms with Crippen molar-refractivity contribution in [3.8, 4) is 0 Å². The standard InChI is InChI=1S/C21H34O3/c1-12(22)15-4-5-16-19-17(7-9-21(15,16)3)20(2)8-6-14(23)10-13(20)11-18(19)24/h13-19,23-24H,4-11H2,1-3H3/t13-,14+,15-,16+,17+,18-,19+,20+,21-/m1/s1. The minimum absolute atomic E-state index is 0.103. The molecule has 4 aliphatic carbocycles. The lowest BCUT2D eigenvalue weighted by Gasteiger charge is -2.62. The van der Waals surface area contributed by atoms with Crippen LogP contribution >= 0.6 is 0 Å². The zero-order chi connectivity index (χ0) is 17.3. The number of rotatable bonds is 1. The van der Waals surface area contributed by atoms with Crippen molar-refractivity contribution in [1.29, 1.82) is 0 Å². The molecule has 0 spiro atoms. The summed E-state index contributed by atoms with van der Waals surface area (Å²) in [6, 6.07) is 0. The van der Waals surface area contributed by atoms with Crippen molar-refractivity contribution < 1.29 is 15.0 Å². The second kappa shape index (κ2) is 5.54. The number of fused-ring (bicyclic) bond motifs is 5. The summed E-state index contributed by atoms with van der Waals surface area (Å²) in [6.07, 6.45) is 7.76. The number of carbonyl (C=O) groups is 1. The molecule has 4 fully saturated rings. The molecule has 4 saturated carbocycles. The van der Waals surface area contributed by atoms with Gasteiger partial charge in [-0.3, -0.25) is 4.79 Å². The van der Waals surface area contributed by atoms with Crippen molar-refractivity contribution in [2.75, 3.05) is 0 Å². The van der Waals surface area contributed by atoms with Gasteiger partial charge in [0.15, 0.2) is 0 Å². The van der Waals surface area contributed by atoms with Crippen LogP contribution in [-0.4, -0.2) is 28.2 Å². The largest absolute Gasteiger partial charge is 0.393 e. The Morgan fingerprint density at radius 1 is 0.917 bits per heavy atom. The van der Waals surface area contributed by atoms with Crippen LogP contribution in [0.25, 0.3) is 0 Å². The third-order valence-corrected chi connectivity index (χ3v) is 9.15. The Morgan fingerprint density at radius 3 is 2.29 bits per heavy atom. The number of Topliss-reactive ketones (excluding diaryl/α,β-unsaturated/α-hetero) is 1. The smallest absolute Gasteiger partial charge is 0.133 e. The average molecular weight is 335 g/mol. The maximum Gasteiger partial charge on any atom is 0.133 e. The predicted octanol–water partition coefficient (Wildman–Crippen LogP) is 3.57. The van der Waals surface area contributed by atoms with Crippen molar-refractivity contribution >= 4 is 5.78 Å². The highest BCUT2D eigenvalue weighted by Gasteiger charge is 2.62. The molecule has 3 nitrogen and oxygen atoms in total. The normalized spacial score (nSPS) is 57.0. The molecule has 0 saturated heterocycles. The lowest BCUT2D eigenvalue weighted by atomic mass is 9.44. The number of ketones is 1. The van der Waals surface area contributed by atoms with Gasteiger partial charge in [0, 0.05) is 5.92 Å². The Kier molecular flexibility index (Phi) is 3.93. The van der Waals surface area contributed by atoms with E-state index >= 15 is 0 Å². The number of carbonyl (C=O) groups excluding carboxylic acids is 1. The molecule has 24 heavy (non-hydrogen) atoms. The van der Waals surface area contributed by atoms with Gasteiger partial charge in [0.1, 0.15) is 5.78 Å². The zero-order valence-electron chi connectivity index (χ0n) is 15.5. The summed E-state index contributed by atoms with van der Waals surface area (Å²) < 4.78 is 0. The fraction of sp³-hybridized carbons (Fsp3) is 0.952. The molecule has 9 atom stereocenters. The van der Waals surface area contributed by atoms with Crippen LogP contribution in [0.4, 0.5) is 0 Å². The van der Waals surface area contributed by atoms with E-state index in [-0.39, 0.29) is 29.0 Å². The Hall–Kier alpha value is -0.410. The van der Waals surface area contributed by atoms with E-state index in [4.69, 9.17) is 0 Å². The van der Waals surface area contributed by atoms with Gasteiger partial charge in [-0.15, -0.1) is 0 Å². The van der Waals surface area contributed by atoms with Gasteiger partial charge < -0.3 is 10.2 Å². The molecule has 0 aromatic carbocycles. The monoisotopic (exact) mass is 334 g/mol. The van der Waals surface area contributed by atoms with Crippen LogP contribution < -0.4 is 0 Å². The summed E-state index contributed by atoms with van der Waals surface area (Å²) >= 11 is 0. The summed E-state index contributed by atoms with van der Waals surface area (Å²) in [5.74, 6) is 2.46. The van der Waals surface area contributed by atoms with Gasteiger partial charge in [0.25, 0.3) is 0 Å². The van der Waals surface area contributed by atoms with E-state index in [2.05, 4.69) is 13.8 Å². The molecular weight excluding hydrogens is 300 g/mol. The second-order valence-electron chi connectivity index (χ2n) is 10.0. The second-order valence-corrected chi connectivity index (χ2v) is 10.0. The topological polar surface area (TPSA) is 57.5 Å². The third-order valence-electron chi connectivity index (χ3n) is 9.15. The van der Waals surface area contributed by atoms with Crippen molar-refractivity contribution in [3.63, 3.8) is 0 Å². The van der Waals surface area contributed by atoms with Crippen molar-refractivity contribution in [3.05, 3.63) is 0 Å². The maximum absolute atomic E-state index is 12.2. The van der Waals surface area contributed by atoms with E-state index in [9.17, 15) is 15.0 Å². The van der Waals surface area contributed by atoms with E-state index in [1.807, 2.05) is 0 Å². The van der Waals surface area contributed by atoms with Gasteiger partial charge in [-0.05, 0) is 92.8 Å². The summed E-state index contributed by atoms with van der Waals surface area (Å²) in [6.45, 7) is 6.54. The number of hydrogen-bond acceptors (Lipinski definition) is 3. The van der Waals surface area contributed by atoms with E-state index in [1.165, 1.54) is 0 Å². The van der Waals surface area contributed by atoms with Crippen LogP contribution in [0.5, 0.6) is 0 Å². The average Bonchev–Trinajstić information content (AvgIpc) is 2.86.